The first kappa shape index (κ1) is 19.8. The number of benzene rings is 2. The second-order valence-corrected chi connectivity index (χ2v) is 7.59. The quantitative estimate of drug-likeness (QED) is 0.610. The van der Waals surface area contributed by atoms with Crippen molar-refractivity contribution < 1.29 is 22.4 Å². The number of carbonyl (C=O) groups excluding carboxylic acids is 1. The Balaban J connectivity index is 1.97. The fraction of sp³-hybridized carbons (Fsp3) is 0.200. The highest BCUT2D eigenvalue weighted by molar-refractivity contribution is 7.89. The van der Waals surface area contributed by atoms with Crippen LogP contribution >= 0.6 is 0 Å². The smallest absolute Gasteiger partial charge is 0.306 e. The van der Waals surface area contributed by atoms with Crippen LogP contribution in [0.5, 0.6) is 0 Å². The zero-order valence-corrected chi connectivity index (χ0v) is 16.1. The zero-order valence-electron chi connectivity index (χ0n) is 15.3. The molecule has 0 amide bonds. The summed E-state index contributed by atoms with van der Waals surface area (Å²) >= 11 is 0. The van der Waals surface area contributed by atoms with Crippen LogP contribution in [0.2, 0.25) is 0 Å². The van der Waals surface area contributed by atoms with Crippen LogP contribution in [0.15, 0.2) is 63.9 Å². The van der Waals surface area contributed by atoms with E-state index in [1.54, 1.807) is 19.1 Å². The lowest BCUT2D eigenvalue weighted by Gasteiger charge is -2.03. The van der Waals surface area contributed by atoms with Crippen LogP contribution in [0.25, 0.3) is 22.6 Å². The molecule has 146 valence electrons. The lowest BCUT2D eigenvalue weighted by Crippen LogP contribution is -2.11. The Bertz CT molecular complexity index is 1060. The summed E-state index contributed by atoms with van der Waals surface area (Å²) in [7, 11) is -3.78. The van der Waals surface area contributed by atoms with Crippen LogP contribution in [-0.4, -0.2) is 26.0 Å². The SMILES string of the molecule is CCOC(=O)CCc1nc(-c2ccccc2)c(-c2ccc(S(N)(=O)=O)cc2)o1. The third-order valence-corrected chi connectivity index (χ3v) is 4.94. The van der Waals surface area contributed by atoms with Crippen LogP contribution in [0.1, 0.15) is 19.2 Å². The number of ether oxygens (including phenoxy) is 1. The molecule has 7 nitrogen and oxygen atoms in total. The molecule has 0 saturated heterocycles. The van der Waals surface area contributed by atoms with Crippen molar-refractivity contribution in [2.24, 2.45) is 5.14 Å². The van der Waals surface area contributed by atoms with Crippen LogP contribution in [0.3, 0.4) is 0 Å². The van der Waals surface area contributed by atoms with Crippen molar-refractivity contribution in [1.82, 2.24) is 4.98 Å². The molecule has 0 radical (unpaired) electrons. The summed E-state index contributed by atoms with van der Waals surface area (Å²) in [5, 5.41) is 5.16. The van der Waals surface area contributed by atoms with Gasteiger partial charge in [-0.2, -0.15) is 0 Å². The van der Waals surface area contributed by atoms with Crippen molar-refractivity contribution in [2.45, 2.75) is 24.7 Å². The van der Waals surface area contributed by atoms with E-state index >= 15 is 0 Å². The van der Waals surface area contributed by atoms with E-state index in [2.05, 4.69) is 4.98 Å². The highest BCUT2D eigenvalue weighted by Crippen LogP contribution is 2.33. The summed E-state index contributed by atoms with van der Waals surface area (Å²) in [6.07, 6.45) is 0.459. The molecule has 3 aromatic rings. The number of sulfonamides is 1. The molecule has 0 fully saturated rings. The van der Waals surface area contributed by atoms with Gasteiger partial charge in [-0.3, -0.25) is 4.79 Å². The molecular formula is C20H20N2O5S. The van der Waals surface area contributed by atoms with Crippen molar-refractivity contribution in [2.75, 3.05) is 6.61 Å². The summed E-state index contributed by atoms with van der Waals surface area (Å²) in [5.74, 6) is 0.574. The second kappa shape index (κ2) is 8.37. The molecule has 0 unspecified atom stereocenters. The summed E-state index contributed by atoms with van der Waals surface area (Å²) in [6, 6.07) is 15.5. The Morgan fingerprint density at radius 3 is 2.36 bits per heavy atom. The minimum Gasteiger partial charge on any atom is -0.466 e. The first-order valence-electron chi connectivity index (χ1n) is 8.72. The predicted molar refractivity (Wildman–Crippen MR) is 104 cm³/mol. The Labute approximate surface area is 163 Å². The molecule has 2 aromatic carbocycles. The van der Waals surface area contributed by atoms with Crippen LogP contribution in [-0.2, 0) is 26.0 Å². The van der Waals surface area contributed by atoms with Gasteiger partial charge in [0.1, 0.15) is 5.69 Å². The van der Waals surface area contributed by atoms with E-state index in [1.165, 1.54) is 12.1 Å². The summed E-state index contributed by atoms with van der Waals surface area (Å²) in [6.45, 7) is 2.07. The van der Waals surface area contributed by atoms with E-state index in [-0.39, 0.29) is 17.3 Å². The highest BCUT2D eigenvalue weighted by atomic mass is 32.2. The lowest BCUT2D eigenvalue weighted by molar-refractivity contribution is -0.143. The average Bonchev–Trinajstić information content (AvgIpc) is 3.11. The first-order valence-corrected chi connectivity index (χ1v) is 10.3. The predicted octanol–water partition coefficient (Wildman–Crippen LogP) is 3.15. The van der Waals surface area contributed by atoms with Gasteiger partial charge in [0.2, 0.25) is 10.0 Å². The Morgan fingerprint density at radius 2 is 1.75 bits per heavy atom. The van der Waals surface area contributed by atoms with Crippen molar-refractivity contribution in [3.05, 3.63) is 60.5 Å². The van der Waals surface area contributed by atoms with Gasteiger partial charge in [0.05, 0.1) is 17.9 Å². The van der Waals surface area contributed by atoms with Gasteiger partial charge in [0.25, 0.3) is 0 Å². The molecule has 0 bridgehead atoms. The van der Waals surface area contributed by atoms with Crippen molar-refractivity contribution in [1.29, 1.82) is 0 Å². The van der Waals surface area contributed by atoms with Crippen LogP contribution in [0.4, 0.5) is 0 Å². The van der Waals surface area contributed by atoms with E-state index in [0.717, 1.165) is 5.56 Å². The van der Waals surface area contributed by atoms with E-state index < -0.39 is 10.0 Å². The number of nitrogens with zero attached hydrogens (tertiary/aromatic N) is 1. The zero-order chi connectivity index (χ0) is 20.1. The number of aromatic nitrogens is 1. The Kier molecular flexibility index (Phi) is 5.91. The number of carbonyl (C=O) groups is 1. The van der Waals surface area contributed by atoms with Crippen molar-refractivity contribution in [3.63, 3.8) is 0 Å². The van der Waals surface area contributed by atoms with E-state index in [4.69, 9.17) is 14.3 Å². The standard InChI is InChI=1S/C20H20N2O5S/c1-2-26-18(23)13-12-17-22-19(14-6-4-3-5-7-14)20(27-17)15-8-10-16(11-9-15)28(21,24)25/h3-11H,2,12-13H2,1H3,(H2,21,24,25). The molecule has 0 aliphatic carbocycles. The summed E-state index contributed by atoms with van der Waals surface area (Å²) in [4.78, 5) is 16.2. The minimum absolute atomic E-state index is 0.0135. The number of esters is 1. The monoisotopic (exact) mass is 400 g/mol. The number of hydrogen-bond donors (Lipinski definition) is 1. The van der Waals surface area contributed by atoms with E-state index in [0.29, 0.717) is 35.9 Å². The van der Waals surface area contributed by atoms with Gasteiger partial charge in [-0.05, 0) is 31.2 Å². The summed E-state index contributed by atoms with van der Waals surface area (Å²) in [5.41, 5.74) is 2.11. The summed E-state index contributed by atoms with van der Waals surface area (Å²) < 4.78 is 33.8. The minimum atomic E-state index is -3.78. The van der Waals surface area contributed by atoms with E-state index in [9.17, 15) is 13.2 Å². The molecule has 1 heterocycles. The maximum Gasteiger partial charge on any atom is 0.306 e. The van der Waals surface area contributed by atoms with Gasteiger partial charge < -0.3 is 9.15 Å². The largest absolute Gasteiger partial charge is 0.466 e. The molecule has 0 aliphatic heterocycles. The highest BCUT2D eigenvalue weighted by Gasteiger charge is 2.18. The number of oxazole rings is 1. The lowest BCUT2D eigenvalue weighted by atomic mass is 10.1. The van der Waals surface area contributed by atoms with Crippen LogP contribution in [0, 0.1) is 0 Å². The van der Waals surface area contributed by atoms with Crippen molar-refractivity contribution in [3.8, 4) is 22.6 Å². The molecule has 1 aromatic heterocycles. The fourth-order valence-corrected chi connectivity index (χ4v) is 3.21. The van der Waals surface area contributed by atoms with Gasteiger partial charge in [-0.15, -0.1) is 0 Å². The molecule has 3 rings (SSSR count). The Morgan fingerprint density at radius 1 is 1.07 bits per heavy atom. The topological polar surface area (TPSA) is 112 Å². The van der Waals surface area contributed by atoms with Gasteiger partial charge >= 0.3 is 5.97 Å². The molecule has 0 atom stereocenters. The molecule has 0 aliphatic rings. The molecule has 2 N–H and O–H groups in total. The number of nitrogens with two attached hydrogens (primary N) is 1. The van der Waals surface area contributed by atoms with Crippen molar-refractivity contribution >= 4 is 16.0 Å². The molecule has 28 heavy (non-hydrogen) atoms. The molecular weight excluding hydrogens is 380 g/mol. The third kappa shape index (κ3) is 4.65. The first-order chi connectivity index (χ1) is 13.4. The second-order valence-electron chi connectivity index (χ2n) is 6.03. The van der Waals surface area contributed by atoms with E-state index in [1.807, 2.05) is 30.3 Å². The van der Waals surface area contributed by atoms with Crippen LogP contribution < -0.4 is 5.14 Å². The number of primary sulfonamides is 1. The average molecular weight is 400 g/mol. The normalized spacial score (nSPS) is 11.4. The fourth-order valence-electron chi connectivity index (χ4n) is 2.70. The maximum absolute atomic E-state index is 11.6. The van der Waals surface area contributed by atoms with Gasteiger partial charge in [-0.25, -0.2) is 18.5 Å². The van der Waals surface area contributed by atoms with Gasteiger partial charge in [-0.1, -0.05) is 30.3 Å². The molecule has 8 heteroatoms. The molecule has 0 spiro atoms. The maximum atomic E-state index is 11.6. The molecule has 0 saturated carbocycles. The number of aryl methyl sites for hydroxylation is 1. The number of hydrogen-bond acceptors (Lipinski definition) is 6. The van der Waals surface area contributed by atoms with Gasteiger partial charge in [0, 0.05) is 17.5 Å². The third-order valence-electron chi connectivity index (χ3n) is 4.01. The number of rotatable bonds is 7. The Hall–Kier alpha value is -2.97. The van der Waals surface area contributed by atoms with Gasteiger partial charge in [0.15, 0.2) is 11.7 Å².